The molecule has 0 bridgehead atoms. The molecule has 0 saturated carbocycles. The zero-order valence-corrected chi connectivity index (χ0v) is 13.5. The summed E-state index contributed by atoms with van der Waals surface area (Å²) < 4.78 is 0. The van der Waals surface area contributed by atoms with Gasteiger partial charge in [-0.05, 0) is 24.7 Å². The maximum absolute atomic E-state index is 10.9. The summed E-state index contributed by atoms with van der Waals surface area (Å²) in [6.07, 6.45) is 1.82. The Labute approximate surface area is 133 Å². The molecule has 2 rings (SSSR count). The van der Waals surface area contributed by atoms with Crippen LogP contribution in [0.3, 0.4) is 0 Å². The molecule has 0 aliphatic heterocycles. The minimum atomic E-state index is -1.00. The first-order valence-electron chi connectivity index (χ1n) is 6.57. The highest BCUT2D eigenvalue weighted by molar-refractivity contribution is 7.09. The number of hydrogen-bond acceptors (Lipinski definition) is 4. The molecule has 6 heteroatoms. The van der Waals surface area contributed by atoms with E-state index in [0.29, 0.717) is 5.92 Å². The fourth-order valence-electron chi connectivity index (χ4n) is 2.23. The Kier molecular flexibility index (Phi) is 5.33. The number of carboxylic acid groups (broad SMARTS) is 1. The third-order valence-corrected chi connectivity index (χ3v) is 4.49. The van der Waals surface area contributed by atoms with Gasteiger partial charge < -0.3 is 10.0 Å². The van der Waals surface area contributed by atoms with Gasteiger partial charge in [-0.25, -0.2) is 9.78 Å². The molecule has 1 aromatic heterocycles. The lowest BCUT2D eigenvalue weighted by Crippen LogP contribution is -2.23. The predicted molar refractivity (Wildman–Crippen MR) is 85.3 cm³/mol. The fraction of sp³-hybridized carbons (Fsp3) is 0.333. The van der Waals surface area contributed by atoms with Crippen molar-refractivity contribution >= 4 is 28.9 Å². The molecule has 112 valence electrons. The van der Waals surface area contributed by atoms with Crippen molar-refractivity contribution in [3.8, 4) is 0 Å². The monoisotopic (exact) mass is 324 g/mol. The maximum Gasteiger partial charge on any atom is 0.337 e. The van der Waals surface area contributed by atoms with Gasteiger partial charge in [0.15, 0.2) is 0 Å². The maximum atomic E-state index is 10.9. The van der Waals surface area contributed by atoms with Crippen molar-refractivity contribution in [2.75, 3.05) is 13.6 Å². The zero-order valence-electron chi connectivity index (χ0n) is 11.9. The number of thiazole rings is 1. The van der Waals surface area contributed by atoms with E-state index in [-0.39, 0.29) is 10.6 Å². The molecule has 0 aliphatic rings. The van der Waals surface area contributed by atoms with Crippen LogP contribution in [0.1, 0.15) is 33.8 Å². The van der Waals surface area contributed by atoms with E-state index >= 15 is 0 Å². The number of likely N-dealkylation sites (N-methyl/N-ethyl adjacent to an activating group) is 1. The van der Waals surface area contributed by atoms with E-state index in [1.807, 2.05) is 18.6 Å². The quantitative estimate of drug-likeness (QED) is 0.879. The van der Waals surface area contributed by atoms with Crippen molar-refractivity contribution in [2.45, 2.75) is 19.4 Å². The lowest BCUT2D eigenvalue weighted by Gasteiger charge is -2.20. The molecule has 4 nitrogen and oxygen atoms in total. The number of halogens is 1. The minimum absolute atomic E-state index is 0.138. The van der Waals surface area contributed by atoms with Crippen molar-refractivity contribution in [3.05, 3.63) is 50.9 Å². The SMILES string of the molecule is C[C@@H](CN(C)Cc1ccc(C(=O)O)c(Cl)c1)c1nccs1. The lowest BCUT2D eigenvalue weighted by molar-refractivity contribution is 0.0697. The lowest BCUT2D eigenvalue weighted by atomic mass is 10.1. The molecule has 2 aromatic rings. The number of rotatable bonds is 6. The normalized spacial score (nSPS) is 12.6. The van der Waals surface area contributed by atoms with Crippen LogP contribution in [0.25, 0.3) is 0 Å². The average Bonchev–Trinajstić information content (AvgIpc) is 2.91. The Morgan fingerprint density at radius 3 is 2.86 bits per heavy atom. The third-order valence-electron chi connectivity index (χ3n) is 3.17. The molecule has 0 spiro atoms. The molecular weight excluding hydrogens is 308 g/mol. The molecular formula is C15H17ClN2O2S. The van der Waals surface area contributed by atoms with Gasteiger partial charge in [0, 0.05) is 30.6 Å². The van der Waals surface area contributed by atoms with Gasteiger partial charge >= 0.3 is 5.97 Å². The van der Waals surface area contributed by atoms with E-state index in [1.54, 1.807) is 29.5 Å². The van der Waals surface area contributed by atoms with Crippen molar-refractivity contribution in [1.29, 1.82) is 0 Å². The first kappa shape index (κ1) is 15.9. The summed E-state index contributed by atoms with van der Waals surface area (Å²) in [7, 11) is 2.03. The van der Waals surface area contributed by atoms with Crippen LogP contribution in [0.2, 0.25) is 5.02 Å². The summed E-state index contributed by atoms with van der Waals surface area (Å²) in [5, 5.41) is 12.3. The Morgan fingerprint density at radius 1 is 1.52 bits per heavy atom. The zero-order chi connectivity index (χ0) is 15.4. The molecule has 0 saturated heterocycles. The Morgan fingerprint density at radius 2 is 2.29 bits per heavy atom. The number of nitrogens with zero attached hydrogens (tertiary/aromatic N) is 2. The second-order valence-electron chi connectivity index (χ2n) is 5.09. The minimum Gasteiger partial charge on any atom is -0.478 e. The predicted octanol–water partition coefficient (Wildman–Crippen LogP) is 3.73. The molecule has 1 aromatic carbocycles. The number of carbonyl (C=O) groups is 1. The first-order chi connectivity index (χ1) is 9.97. The third kappa shape index (κ3) is 4.27. The van der Waals surface area contributed by atoms with Gasteiger partial charge in [-0.2, -0.15) is 0 Å². The second-order valence-corrected chi connectivity index (χ2v) is 6.42. The molecule has 1 N–H and O–H groups in total. The van der Waals surface area contributed by atoms with E-state index in [1.165, 1.54) is 0 Å². The standard InChI is InChI=1S/C15H17ClN2O2S/c1-10(14-17-5-6-21-14)8-18(2)9-11-3-4-12(15(19)20)13(16)7-11/h3-7,10H,8-9H2,1-2H3,(H,19,20)/t10-/m0/s1. The Balaban J connectivity index is 1.98. The van der Waals surface area contributed by atoms with Gasteiger partial charge in [0.2, 0.25) is 0 Å². The van der Waals surface area contributed by atoms with E-state index in [0.717, 1.165) is 23.7 Å². The van der Waals surface area contributed by atoms with Crippen LogP contribution < -0.4 is 0 Å². The molecule has 0 amide bonds. The number of aromatic nitrogens is 1. The fourth-order valence-corrected chi connectivity index (χ4v) is 3.20. The second kappa shape index (κ2) is 7.02. The van der Waals surface area contributed by atoms with E-state index in [9.17, 15) is 4.79 Å². The topological polar surface area (TPSA) is 53.4 Å². The molecule has 1 heterocycles. The summed E-state index contributed by atoms with van der Waals surface area (Å²) in [5.74, 6) is -0.638. The number of hydrogen-bond donors (Lipinski definition) is 1. The number of benzene rings is 1. The highest BCUT2D eigenvalue weighted by Crippen LogP contribution is 2.21. The van der Waals surface area contributed by atoms with Crippen LogP contribution >= 0.6 is 22.9 Å². The molecule has 0 unspecified atom stereocenters. The molecule has 0 radical (unpaired) electrons. The van der Waals surface area contributed by atoms with Gasteiger partial charge in [-0.3, -0.25) is 0 Å². The molecule has 21 heavy (non-hydrogen) atoms. The highest BCUT2D eigenvalue weighted by Gasteiger charge is 2.13. The Bertz CT molecular complexity index is 616. The van der Waals surface area contributed by atoms with Crippen LogP contribution in [0.4, 0.5) is 0 Å². The van der Waals surface area contributed by atoms with E-state index in [2.05, 4.69) is 16.8 Å². The highest BCUT2D eigenvalue weighted by atomic mass is 35.5. The van der Waals surface area contributed by atoms with Crippen LogP contribution in [-0.2, 0) is 6.54 Å². The van der Waals surface area contributed by atoms with Crippen LogP contribution in [-0.4, -0.2) is 34.6 Å². The van der Waals surface area contributed by atoms with Crippen molar-refractivity contribution < 1.29 is 9.90 Å². The molecule has 0 fully saturated rings. The smallest absolute Gasteiger partial charge is 0.337 e. The summed E-state index contributed by atoms with van der Waals surface area (Å²) in [5.41, 5.74) is 1.14. The van der Waals surface area contributed by atoms with Gasteiger partial charge in [-0.15, -0.1) is 11.3 Å². The van der Waals surface area contributed by atoms with Crippen LogP contribution in [0.15, 0.2) is 29.8 Å². The first-order valence-corrected chi connectivity index (χ1v) is 7.82. The van der Waals surface area contributed by atoms with Gasteiger partial charge in [0.25, 0.3) is 0 Å². The van der Waals surface area contributed by atoms with Gasteiger partial charge in [-0.1, -0.05) is 24.6 Å². The van der Waals surface area contributed by atoms with Crippen LogP contribution in [0.5, 0.6) is 0 Å². The molecule has 1 atom stereocenters. The largest absolute Gasteiger partial charge is 0.478 e. The summed E-state index contributed by atoms with van der Waals surface area (Å²) >= 11 is 7.65. The number of carboxylic acids is 1. The summed E-state index contributed by atoms with van der Waals surface area (Å²) in [6.45, 7) is 3.75. The summed E-state index contributed by atoms with van der Waals surface area (Å²) in [4.78, 5) is 17.4. The van der Waals surface area contributed by atoms with Crippen molar-refractivity contribution in [3.63, 3.8) is 0 Å². The Hall–Kier alpha value is -1.43. The van der Waals surface area contributed by atoms with E-state index in [4.69, 9.17) is 16.7 Å². The number of aromatic carboxylic acids is 1. The van der Waals surface area contributed by atoms with Crippen LogP contribution in [0, 0.1) is 0 Å². The van der Waals surface area contributed by atoms with E-state index < -0.39 is 5.97 Å². The summed E-state index contributed by atoms with van der Waals surface area (Å²) in [6, 6.07) is 5.08. The molecule has 0 aliphatic carbocycles. The van der Waals surface area contributed by atoms with Crippen molar-refractivity contribution in [1.82, 2.24) is 9.88 Å². The van der Waals surface area contributed by atoms with Gasteiger partial charge in [0.1, 0.15) is 0 Å². The van der Waals surface area contributed by atoms with Crippen molar-refractivity contribution in [2.24, 2.45) is 0 Å². The average molecular weight is 325 g/mol. The van der Waals surface area contributed by atoms with Gasteiger partial charge in [0.05, 0.1) is 15.6 Å².